The van der Waals surface area contributed by atoms with Crippen LogP contribution in [0.25, 0.3) is 0 Å². The Morgan fingerprint density at radius 3 is 2.47 bits per heavy atom. The zero-order valence-electron chi connectivity index (χ0n) is 12.4. The van der Waals surface area contributed by atoms with Crippen LogP contribution in [0.1, 0.15) is 43.9 Å². The van der Waals surface area contributed by atoms with E-state index in [1.54, 1.807) is 0 Å². The number of nitrogen functional groups attached to an aromatic ring is 1. The number of rotatable bonds is 6. The monoisotopic (exact) mass is 264 g/mol. The predicted octanol–water partition coefficient (Wildman–Crippen LogP) is 3.19. The fourth-order valence-corrected chi connectivity index (χ4v) is 2.00. The van der Waals surface area contributed by atoms with E-state index in [0.29, 0.717) is 18.3 Å². The van der Waals surface area contributed by atoms with Crippen molar-refractivity contribution in [2.75, 3.05) is 12.3 Å². The second kappa shape index (κ2) is 9.59. The molecule has 3 heteroatoms. The summed E-state index contributed by atoms with van der Waals surface area (Å²) in [6.45, 7) is 12.9. The molecule has 4 N–H and O–H groups in total. The average Bonchev–Trinajstić information content (AvgIpc) is 2.37. The van der Waals surface area contributed by atoms with E-state index in [1.165, 1.54) is 0 Å². The van der Waals surface area contributed by atoms with Crippen LogP contribution in [-0.2, 0) is 0 Å². The average molecular weight is 264 g/mol. The van der Waals surface area contributed by atoms with E-state index in [1.807, 2.05) is 25.1 Å². The van der Waals surface area contributed by atoms with Crippen LogP contribution < -0.4 is 11.1 Å². The molecule has 0 amide bonds. The molecule has 1 aromatic rings. The lowest BCUT2D eigenvalue weighted by Gasteiger charge is -2.17. The molecule has 2 atom stereocenters. The van der Waals surface area contributed by atoms with E-state index < -0.39 is 6.10 Å². The van der Waals surface area contributed by atoms with Crippen molar-refractivity contribution in [3.63, 3.8) is 0 Å². The third-order valence-electron chi connectivity index (χ3n) is 2.89. The van der Waals surface area contributed by atoms with Crippen molar-refractivity contribution in [1.29, 1.82) is 0 Å². The van der Waals surface area contributed by atoms with Gasteiger partial charge in [0.25, 0.3) is 0 Å². The van der Waals surface area contributed by atoms with Crippen LogP contribution in [0.3, 0.4) is 0 Å². The summed E-state index contributed by atoms with van der Waals surface area (Å²) in [5.74, 6) is 0. The van der Waals surface area contributed by atoms with Gasteiger partial charge < -0.3 is 16.2 Å². The van der Waals surface area contributed by atoms with Gasteiger partial charge in [-0.2, -0.15) is 0 Å². The normalized spacial score (nSPS) is 13.3. The molecule has 1 aromatic carbocycles. The molecule has 1 rings (SSSR count). The highest BCUT2D eigenvalue weighted by atomic mass is 16.3. The number of aliphatic hydroxyl groups excluding tert-OH is 1. The van der Waals surface area contributed by atoms with Gasteiger partial charge in [-0.1, -0.05) is 19.4 Å². The van der Waals surface area contributed by atoms with E-state index >= 15 is 0 Å². The summed E-state index contributed by atoms with van der Waals surface area (Å²) in [6.07, 6.45) is 1.79. The van der Waals surface area contributed by atoms with Gasteiger partial charge in [0.05, 0.1) is 6.10 Å². The Labute approximate surface area is 117 Å². The minimum Gasteiger partial charge on any atom is -0.399 e. The second-order valence-electron chi connectivity index (χ2n) is 4.79. The first-order valence-corrected chi connectivity index (χ1v) is 6.81. The summed E-state index contributed by atoms with van der Waals surface area (Å²) in [4.78, 5) is 0. The summed E-state index contributed by atoms with van der Waals surface area (Å²) in [6, 6.07) is 6.16. The fourth-order valence-electron chi connectivity index (χ4n) is 2.00. The number of nitrogens with two attached hydrogens (primary N) is 1. The summed E-state index contributed by atoms with van der Waals surface area (Å²) < 4.78 is 0. The lowest BCUT2D eigenvalue weighted by atomic mass is 10.0. The second-order valence-corrected chi connectivity index (χ2v) is 4.79. The quantitative estimate of drug-likeness (QED) is 0.546. The van der Waals surface area contributed by atoms with Crippen molar-refractivity contribution < 1.29 is 5.11 Å². The van der Waals surface area contributed by atoms with Gasteiger partial charge in [0.15, 0.2) is 0 Å². The Balaban J connectivity index is 0.00000154. The number of hydrogen-bond donors (Lipinski definition) is 3. The van der Waals surface area contributed by atoms with Crippen molar-refractivity contribution in [2.24, 2.45) is 0 Å². The van der Waals surface area contributed by atoms with Crippen LogP contribution in [0, 0.1) is 6.92 Å². The molecule has 0 heterocycles. The molecule has 0 aliphatic heterocycles. The number of anilines is 1. The van der Waals surface area contributed by atoms with Gasteiger partial charge in [0, 0.05) is 18.3 Å². The highest BCUT2D eigenvalue weighted by molar-refractivity contribution is 5.45. The highest BCUT2D eigenvalue weighted by Gasteiger charge is 2.10. The lowest BCUT2D eigenvalue weighted by molar-refractivity contribution is 0.170. The van der Waals surface area contributed by atoms with Crippen molar-refractivity contribution in [3.8, 4) is 0 Å². The Morgan fingerprint density at radius 1 is 1.32 bits per heavy atom. The van der Waals surface area contributed by atoms with Crippen molar-refractivity contribution in [1.82, 2.24) is 5.32 Å². The van der Waals surface area contributed by atoms with Gasteiger partial charge in [0.2, 0.25) is 0 Å². The summed E-state index contributed by atoms with van der Waals surface area (Å²) in [5, 5.41) is 13.4. The topological polar surface area (TPSA) is 58.3 Å². The molecule has 0 bridgehead atoms. The van der Waals surface area contributed by atoms with Crippen molar-refractivity contribution in [3.05, 3.63) is 42.5 Å². The van der Waals surface area contributed by atoms with Crippen LogP contribution >= 0.6 is 0 Å². The molecule has 0 aromatic heterocycles. The van der Waals surface area contributed by atoms with Gasteiger partial charge in [-0.15, -0.1) is 13.2 Å². The first-order valence-electron chi connectivity index (χ1n) is 6.81. The van der Waals surface area contributed by atoms with Crippen LogP contribution in [0.5, 0.6) is 0 Å². The Morgan fingerprint density at radius 2 is 1.95 bits per heavy atom. The van der Waals surface area contributed by atoms with E-state index in [2.05, 4.69) is 32.3 Å². The molecule has 19 heavy (non-hydrogen) atoms. The Kier molecular flexibility index (Phi) is 8.92. The molecule has 2 unspecified atom stereocenters. The zero-order chi connectivity index (χ0) is 14.8. The molecule has 0 saturated heterocycles. The number of hydrogen-bond acceptors (Lipinski definition) is 3. The fraction of sp³-hybridized carbons (Fsp3) is 0.500. The van der Waals surface area contributed by atoms with Crippen molar-refractivity contribution in [2.45, 2.75) is 45.8 Å². The standard InChI is InChI=1S/C14H24N2O.C2H4/c1-4-5-11(3)16-9-14(17)12-6-10(2)7-13(15)8-12;1-2/h6-8,11,14,16-17H,4-5,9,15H2,1-3H3;1-2H2. The maximum absolute atomic E-state index is 10.1. The highest BCUT2D eigenvalue weighted by Crippen LogP contribution is 2.18. The Hall–Kier alpha value is -1.32. The van der Waals surface area contributed by atoms with Crippen LogP contribution in [-0.4, -0.2) is 17.7 Å². The van der Waals surface area contributed by atoms with E-state index in [9.17, 15) is 5.11 Å². The minimum absolute atomic E-state index is 0.441. The van der Waals surface area contributed by atoms with Crippen LogP contribution in [0.2, 0.25) is 0 Å². The van der Waals surface area contributed by atoms with Crippen molar-refractivity contribution >= 4 is 5.69 Å². The molecule has 0 radical (unpaired) electrons. The summed E-state index contributed by atoms with van der Waals surface area (Å²) in [7, 11) is 0. The SMILES string of the molecule is C=C.CCCC(C)NCC(O)c1cc(C)cc(N)c1. The third-order valence-corrected chi connectivity index (χ3v) is 2.89. The van der Waals surface area contributed by atoms with Gasteiger partial charge in [-0.25, -0.2) is 0 Å². The summed E-state index contributed by atoms with van der Waals surface area (Å²) in [5.41, 5.74) is 8.45. The molecule has 0 fully saturated rings. The van der Waals surface area contributed by atoms with Crippen LogP contribution in [0.15, 0.2) is 31.4 Å². The smallest absolute Gasteiger partial charge is 0.0915 e. The maximum atomic E-state index is 10.1. The molecule has 0 saturated carbocycles. The number of benzene rings is 1. The van der Waals surface area contributed by atoms with Gasteiger partial charge in [-0.3, -0.25) is 0 Å². The predicted molar refractivity (Wildman–Crippen MR) is 84.2 cm³/mol. The maximum Gasteiger partial charge on any atom is 0.0915 e. The number of aliphatic hydroxyl groups is 1. The third kappa shape index (κ3) is 6.99. The molecule has 0 aliphatic carbocycles. The number of nitrogens with one attached hydrogen (secondary N) is 1. The molecule has 108 valence electrons. The summed E-state index contributed by atoms with van der Waals surface area (Å²) >= 11 is 0. The first kappa shape index (κ1) is 17.7. The van der Waals surface area contributed by atoms with Crippen LogP contribution in [0.4, 0.5) is 5.69 Å². The van der Waals surface area contributed by atoms with E-state index in [4.69, 9.17) is 5.73 Å². The lowest BCUT2D eigenvalue weighted by Crippen LogP contribution is -2.30. The Bertz CT molecular complexity index is 346. The molecule has 3 nitrogen and oxygen atoms in total. The zero-order valence-corrected chi connectivity index (χ0v) is 12.4. The van der Waals surface area contributed by atoms with Gasteiger partial charge >= 0.3 is 0 Å². The van der Waals surface area contributed by atoms with Gasteiger partial charge in [-0.05, 0) is 43.5 Å². The first-order chi connectivity index (χ1) is 9.02. The number of aryl methyl sites for hydroxylation is 1. The minimum atomic E-state index is -0.489. The molecular weight excluding hydrogens is 236 g/mol. The largest absolute Gasteiger partial charge is 0.399 e. The molecular formula is C16H28N2O. The van der Waals surface area contributed by atoms with E-state index in [0.717, 1.165) is 24.0 Å². The molecule has 0 spiro atoms. The van der Waals surface area contributed by atoms with E-state index in [-0.39, 0.29) is 0 Å². The molecule has 0 aliphatic rings. The van der Waals surface area contributed by atoms with Gasteiger partial charge in [0.1, 0.15) is 0 Å².